The second-order valence-electron chi connectivity index (χ2n) is 5.90. The number of nitrogens with two attached hydrogens (primary N) is 1. The zero-order valence-corrected chi connectivity index (χ0v) is 15.8. The first-order valence-electron chi connectivity index (χ1n) is 8.18. The second kappa shape index (κ2) is 7.07. The van der Waals surface area contributed by atoms with E-state index in [0.29, 0.717) is 12.5 Å². The minimum absolute atomic E-state index is 0.142. The number of sulfonamides is 1. The van der Waals surface area contributed by atoms with E-state index in [2.05, 4.69) is 15.3 Å². The number of hydrogen-bond donors (Lipinski definition) is 2. The van der Waals surface area contributed by atoms with Crippen LogP contribution in [0.3, 0.4) is 0 Å². The van der Waals surface area contributed by atoms with Crippen molar-refractivity contribution in [2.45, 2.75) is 10.8 Å². The third kappa shape index (κ3) is 3.82. The van der Waals surface area contributed by atoms with E-state index in [0.717, 1.165) is 38.4 Å². The molecule has 0 saturated heterocycles. The van der Waals surface area contributed by atoms with Crippen molar-refractivity contribution in [1.29, 1.82) is 0 Å². The normalized spacial score (nSPS) is 11.6. The molecule has 8 heteroatoms. The van der Waals surface area contributed by atoms with Gasteiger partial charge in [-0.15, -0.1) is 11.3 Å². The molecule has 0 spiro atoms. The van der Waals surface area contributed by atoms with E-state index in [1.165, 1.54) is 6.07 Å². The number of rotatable bonds is 5. The molecule has 0 aliphatic rings. The van der Waals surface area contributed by atoms with Crippen LogP contribution in [0.1, 0.15) is 4.88 Å². The van der Waals surface area contributed by atoms with Crippen LogP contribution in [0.15, 0.2) is 70.9 Å². The number of thiophene rings is 1. The molecule has 4 aromatic rings. The highest BCUT2D eigenvalue weighted by Gasteiger charge is 2.12. The van der Waals surface area contributed by atoms with Crippen molar-refractivity contribution in [3.8, 4) is 11.3 Å². The fourth-order valence-corrected chi connectivity index (χ4v) is 4.46. The van der Waals surface area contributed by atoms with Crippen LogP contribution in [0, 0.1) is 0 Å². The van der Waals surface area contributed by atoms with Crippen molar-refractivity contribution >= 4 is 38.2 Å². The van der Waals surface area contributed by atoms with Crippen molar-refractivity contribution in [3.05, 3.63) is 71.6 Å². The Balaban J connectivity index is 1.67. The van der Waals surface area contributed by atoms with Gasteiger partial charge in [0, 0.05) is 15.8 Å². The van der Waals surface area contributed by atoms with Gasteiger partial charge in [0.05, 0.1) is 17.8 Å². The first kappa shape index (κ1) is 17.6. The summed E-state index contributed by atoms with van der Waals surface area (Å²) in [6.45, 7) is 0.409. The molecule has 4 rings (SSSR count). The predicted molar refractivity (Wildman–Crippen MR) is 108 cm³/mol. The van der Waals surface area contributed by atoms with Crippen LogP contribution in [0.25, 0.3) is 22.2 Å². The smallest absolute Gasteiger partial charge is 0.247 e. The van der Waals surface area contributed by atoms with Gasteiger partial charge in [0.15, 0.2) is 0 Å². The summed E-state index contributed by atoms with van der Waals surface area (Å²) in [6, 6.07) is 21.0. The van der Waals surface area contributed by atoms with Crippen LogP contribution in [0.4, 0.5) is 5.95 Å². The number of fused-ring (bicyclic) bond motifs is 1. The van der Waals surface area contributed by atoms with Gasteiger partial charge in [-0.05, 0) is 18.2 Å². The fraction of sp³-hybridized carbons (Fsp3) is 0.0526. The summed E-state index contributed by atoms with van der Waals surface area (Å²) in [5, 5.41) is 9.32. The summed E-state index contributed by atoms with van der Waals surface area (Å²) in [5.41, 5.74) is 2.69. The number of para-hydroxylation sites is 1. The summed E-state index contributed by atoms with van der Waals surface area (Å²) in [5.74, 6) is 0.484. The van der Waals surface area contributed by atoms with Gasteiger partial charge in [-0.25, -0.2) is 23.5 Å². The van der Waals surface area contributed by atoms with E-state index in [1.807, 2.05) is 54.6 Å². The van der Waals surface area contributed by atoms with Gasteiger partial charge in [0.1, 0.15) is 4.21 Å². The lowest BCUT2D eigenvalue weighted by Gasteiger charge is -2.10. The highest BCUT2D eigenvalue weighted by atomic mass is 32.2. The topological polar surface area (TPSA) is 98.0 Å². The van der Waals surface area contributed by atoms with Crippen molar-refractivity contribution < 1.29 is 8.42 Å². The molecule has 0 radical (unpaired) electrons. The summed E-state index contributed by atoms with van der Waals surface area (Å²) in [6.07, 6.45) is 0. The molecule has 27 heavy (non-hydrogen) atoms. The van der Waals surface area contributed by atoms with E-state index in [-0.39, 0.29) is 4.21 Å². The predicted octanol–water partition coefficient (Wildman–Crippen LogP) is 3.62. The van der Waals surface area contributed by atoms with Gasteiger partial charge >= 0.3 is 0 Å². The highest BCUT2D eigenvalue weighted by molar-refractivity contribution is 7.91. The zero-order valence-electron chi connectivity index (χ0n) is 14.2. The summed E-state index contributed by atoms with van der Waals surface area (Å²) in [4.78, 5) is 10.1. The van der Waals surface area contributed by atoms with Crippen LogP contribution in [-0.4, -0.2) is 18.4 Å². The molecule has 3 N–H and O–H groups in total. The molecule has 0 aliphatic heterocycles. The molecule has 0 fully saturated rings. The molecule has 6 nitrogen and oxygen atoms in total. The average Bonchev–Trinajstić information content (AvgIpc) is 3.16. The Kier molecular flexibility index (Phi) is 4.61. The van der Waals surface area contributed by atoms with E-state index in [4.69, 9.17) is 5.14 Å². The number of aromatic nitrogens is 2. The summed E-state index contributed by atoms with van der Waals surface area (Å²) in [7, 11) is -3.68. The fourth-order valence-electron chi connectivity index (χ4n) is 2.74. The van der Waals surface area contributed by atoms with Gasteiger partial charge in [0.2, 0.25) is 16.0 Å². The number of hydrogen-bond acceptors (Lipinski definition) is 6. The summed E-state index contributed by atoms with van der Waals surface area (Å²) < 4.78 is 23.0. The highest BCUT2D eigenvalue weighted by Crippen LogP contribution is 2.27. The van der Waals surface area contributed by atoms with Crippen LogP contribution in [-0.2, 0) is 16.6 Å². The second-order valence-corrected chi connectivity index (χ2v) is 8.85. The lowest BCUT2D eigenvalue weighted by atomic mass is 10.1. The number of nitrogens with zero attached hydrogens (tertiary/aromatic N) is 2. The van der Waals surface area contributed by atoms with Gasteiger partial charge in [-0.2, -0.15) is 0 Å². The minimum Gasteiger partial charge on any atom is -0.349 e. The van der Waals surface area contributed by atoms with E-state index < -0.39 is 10.0 Å². The SMILES string of the molecule is NS(=O)(=O)c1ccc(CNc2nc(-c3ccccc3)c3ccccc3n2)s1. The van der Waals surface area contributed by atoms with Crippen molar-refractivity contribution in [1.82, 2.24) is 9.97 Å². The molecule has 0 saturated carbocycles. The molecular formula is C19H16N4O2S2. The van der Waals surface area contributed by atoms with Gasteiger partial charge in [-0.3, -0.25) is 0 Å². The van der Waals surface area contributed by atoms with Crippen LogP contribution >= 0.6 is 11.3 Å². The molecule has 2 heterocycles. The van der Waals surface area contributed by atoms with Gasteiger partial charge in [-0.1, -0.05) is 48.5 Å². The Morgan fingerprint density at radius 1 is 0.926 bits per heavy atom. The van der Waals surface area contributed by atoms with E-state index in [1.54, 1.807) is 6.07 Å². The third-order valence-corrected chi connectivity index (χ3v) is 6.51. The van der Waals surface area contributed by atoms with Crippen LogP contribution in [0.5, 0.6) is 0 Å². The first-order valence-corrected chi connectivity index (χ1v) is 10.5. The average molecular weight is 396 g/mol. The molecule has 0 unspecified atom stereocenters. The molecule has 0 amide bonds. The van der Waals surface area contributed by atoms with Crippen molar-refractivity contribution in [2.24, 2.45) is 5.14 Å². The molecule has 0 atom stereocenters. The maximum Gasteiger partial charge on any atom is 0.247 e. The van der Waals surface area contributed by atoms with Gasteiger partial charge < -0.3 is 5.32 Å². The number of primary sulfonamides is 1. The Labute approximate surface area is 160 Å². The van der Waals surface area contributed by atoms with Crippen LogP contribution in [0.2, 0.25) is 0 Å². The van der Waals surface area contributed by atoms with Crippen molar-refractivity contribution in [2.75, 3.05) is 5.32 Å². The maximum atomic E-state index is 11.4. The zero-order chi connectivity index (χ0) is 18.9. The van der Waals surface area contributed by atoms with Gasteiger partial charge in [0.25, 0.3) is 0 Å². The Hall–Kier alpha value is -2.81. The molecular weight excluding hydrogens is 380 g/mol. The largest absolute Gasteiger partial charge is 0.349 e. The maximum absolute atomic E-state index is 11.4. The molecule has 2 aromatic carbocycles. The third-order valence-electron chi connectivity index (χ3n) is 3.99. The molecule has 136 valence electrons. The Bertz CT molecular complexity index is 1200. The standard InChI is InChI=1S/C19H16N4O2S2/c20-27(24,25)17-11-10-14(26-17)12-21-19-22-16-9-5-4-8-15(16)18(23-19)13-6-2-1-3-7-13/h1-11H,12H2,(H2,20,24,25)(H,21,22,23). The minimum atomic E-state index is -3.68. The monoisotopic (exact) mass is 396 g/mol. The lowest BCUT2D eigenvalue weighted by Crippen LogP contribution is -2.09. The number of nitrogens with one attached hydrogen (secondary N) is 1. The van der Waals surface area contributed by atoms with Crippen LogP contribution < -0.4 is 10.5 Å². The Morgan fingerprint density at radius 3 is 2.41 bits per heavy atom. The lowest BCUT2D eigenvalue weighted by molar-refractivity contribution is 0.600. The summed E-state index contributed by atoms with van der Waals surface area (Å²) >= 11 is 1.13. The number of anilines is 1. The Morgan fingerprint density at radius 2 is 1.67 bits per heavy atom. The molecule has 0 bridgehead atoms. The van der Waals surface area contributed by atoms with Crippen molar-refractivity contribution in [3.63, 3.8) is 0 Å². The molecule has 0 aliphatic carbocycles. The molecule has 2 aromatic heterocycles. The number of benzene rings is 2. The van der Waals surface area contributed by atoms with E-state index in [9.17, 15) is 8.42 Å². The quantitative estimate of drug-likeness (QED) is 0.537. The first-order chi connectivity index (χ1) is 13.0. The van der Waals surface area contributed by atoms with E-state index >= 15 is 0 Å².